The molecule has 0 amide bonds. The van der Waals surface area contributed by atoms with Gasteiger partial charge in [0.15, 0.2) is 0 Å². The minimum Gasteiger partial charge on any atom is -0.456 e. The smallest absolute Gasteiger partial charge is 0.143 e. The summed E-state index contributed by atoms with van der Waals surface area (Å²) in [5.41, 5.74) is 4.85. The highest BCUT2D eigenvalue weighted by molar-refractivity contribution is 6.16. The Labute approximate surface area is 170 Å². The Kier molecular flexibility index (Phi) is 4.25. The fraction of sp³-hybridized carbons (Fsp3) is 0.0741. The van der Waals surface area contributed by atoms with Crippen LogP contribution in [0, 0.1) is 13.8 Å². The van der Waals surface area contributed by atoms with Gasteiger partial charge in [0.05, 0.1) is 0 Å². The summed E-state index contributed by atoms with van der Waals surface area (Å²) in [5, 5.41) is 4.42. The number of hydrogen-bond acceptors (Lipinski definition) is 2. The van der Waals surface area contributed by atoms with E-state index in [0.717, 1.165) is 33.0 Å². The van der Waals surface area contributed by atoms with Gasteiger partial charge >= 0.3 is 0 Å². The first kappa shape index (κ1) is 17.4. The van der Waals surface area contributed by atoms with Crippen molar-refractivity contribution in [3.63, 3.8) is 0 Å². The molecule has 0 N–H and O–H groups in total. The first-order valence-electron chi connectivity index (χ1n) is 9.81. The summed E-state index contributed by atoms with van der Waals surface area (Å²) in [4.78, 5) is 4.42. The Morgan fingerprint density at radius 1 is 0.655 bits per heavy atom. The van der Waals surface area contributed by atoms with Crippen LogP contribution in [0.25, 0.3) is 32.7 Å². The van der Waals surface area contributed by atoms with Crippen molar-refractivity contribution >= 4 is 21.5 Å². The van der Waals surface area contributed by atoms with E-state index in [0.29, 0.717) is 0 Å². The minimum atomic E-state index is 0.851. The number of aromatic nitrogens is 1. The van der Waals surface area contributed by atoms with E-state index in [1.165, 1.54) is 22.3 Å². The third-order valence-corrected chi connectivity index (χ3v) is 5.54. The summed E-state index contributed by atoms with van der Waals surface area (Å²) in [5.74, 6) is 1.73. The molecule has 0 unspecified atom stereocenters. The molecule has 0 saturated heterocycles. The van der Waals surface area contributed by atoms with Gasteiger partial charge in [-0.1, -0.05) is 60.7 Å². The molecular formula is C27H21NO. The molecule has 1 aromatic heterocycles. The van der Waals surface area contributed by atoms with Gasteiger partial charge < -0.3 is 4.74 Å². The molecule has 0 aliphatic heterocycles. The van der Waals surface area contributed by atoms with Gasteiger partial charge in [0.25, 0.3) is 0 Å². The topological polar surface area (TPSA) is 22.1 Å². The second-order valence-corrected chi connectivity index (χ2v) is 7.39. The van der Waals surface area contributed by atoms with Crippen LogP contribution in [-0.4, -0.2) is 4.98 Å². The van der Waals surface area contributed by atoms with Crippen molar-refractivity contribution in [2.45, 2.75) is 13.8 Å². The maximum Gasteiger partial charge on any atom is 0.143 e. The third-order valence-electron chi connectivity index (χ3n) is 5.54. The highest BCUT2D eigenvalue weighted by Gasteiger charge is 2.16. The van der Waals surface area contributed by atoms with Crippen LogP contribution in [-0.2, 0) is 0 Å². The standard InChI is InChI=1S/C27H21NO/c1-18-12-13-21(16-19(18)2)29-27-23-11-7-6-10-22(23)26(20-8-4-3-5-9-20)25-17-28-15-14-24(25)27/h3-17H,1-2H3. The maximum absolute atomic E-state index is 6.50. The lowest BCUT2D eigenvalue weighted by atomic mass is 9.92. The van der Waals surface area contributed by atoms with Gasteiger partial charge in [-0.05, 0) is 59.7 Å². The molecule has 140 valence electrons. The van der Waals surface area contributed by atoms with Gasteiger partial charge in [0, 0.05) is 28.6 Å². The molecule has 1 heterocycles. The zero-order valence-corrected chi connectivity index (χ0v) is 16.5. The zero-order chi connectivity index (χ0) is 19.8. The Bertz CT molecular complexity index is 1280. The Morgan fingerprint density at radius 2 is 1.38 bits per heavy atom. The minimum absolute atomic E-state index is 0.851. The second-order valence-electron chi connectivity index (χ2n) is 7.39. The summed E-state index contributed by atoms with van der Waals surface area (Å²) >= 11 is 0. The molecule has 0 saturated carbocycles. The molecule has 5 rings (SSSR count). The van der Waals surface area contributed by atoms with Crippen molar-refractivity contribution in [2.24, 2.45) is 0 Å². The molecule has 0 aliphatic carbocycles. The lowest BCUT2D eigenvalue weighted by molar-refractivity contribution is 0.493. The molecule has 0 atom stereocenters. The number of rotatable bonds is 3. The van der Waals surface area contributed by atoms with Crippen molar-refractivity contribution < 1.29 is 4.74 Å². The SMILES string of the molecule is Cc1ccc(Oc2c3ccccc3c(-c3ccccc3)c3cnccc23)cc1C. The van der Waals surface area contributed by atoms with E-state index in [4.69, 9.17) is 4.74 Å². The van der Waals surface area contributed by atoms with Crippen LogP contribution < -0.4 is 4.74 Å². The number of nitrogens with zero attached hydrogens (tertiary/aromatic N) is 1. The molecule has 0 aliphatic rings. The molecular weight excluding hydrogens is 354 g/mol. The van der Waals surface area contributed by atoms with Gasteiger partial charge in [0.1, 0.15) is 11.5 Å². The van der Waals surface area contributed by atoms with Crippen molar-refractivity contribution in [1.29, 1.82) is 0 Å². The Morgan fingerprint density at radius 3 is 2.17 bits per heavy atom. The van der Waals surface area contributed by atoms with Crippen LogP contribution in [0.4, 0.5) is 0 Å². The molecule has 0 fully saturated rings. The number of ether oxygens (including phenoxy) is 1. The van der Waals surface area contributed by atoms with Gasteiger partial charge in [-0.25, -0.2) is 0 Å². The van der Waals surface area contributed by atoms with Gasteiger partial charge in [-0.15, -0.1) is 0 Å². The van der Waals surface area contributed by atoms with Gasteiger partial charge in [-0.3, -0.25) is 4.98 Å². The van der Waals surface area contributed by atoms with Gasteiger partial charge in [0.2, 0.25) is 0 Å². The largest absolute Gasteiger partial charge is 0.456 e. The summed E-state index contributed by atoms with van der Waals surface area (Å²) in [6.45, 7) is 4.23. The van der Waals surface area contributed by atoms with Crippen LogP contribution in [0.1, 0.15) is 11.1 Å². The number of hydrogen-bond donors (Lipinski definition) is 0. The number of aryl methyl sites for hydroxylation is 2. The molecule has 5 aromatic rings. The van der Waals surface area contributed by atoms with Crippen LogP contribution in [0.15, 0.2) is 91.3 Å². The lowest BCUT2D eigenvalue weighted by Gasteiger charge is -2.17. The van der Waals surface area contributed by atoms with E-state index in [1.807, 2.05) is 30.6 Å². The first-order chi connectivity index (χ1) is 14.2. The van der Waals surface area contributed by atoms with E-state index in [9.17, 15) is 0 Å². The molecule has 0 radical (unpaired) electrons. The van der Waals surface area contributed by atoms with Gasteiger partial charge in [-0.2, -0.15) is 0 Å². The van der Waals surface area contributed by atoms with Crippen LogP contribution in [0.5, 0.6) is 11.5 Å². The maximum atomic E-state index is 6.50. The Hall–Kier alpha value is -3.65. The number of fused-ring (bicyclic) bond motifs is 2. The van der Waals surface area contributed by atoms with Crippen molar-refractivity contribution in [3.05, 3.63) is 102 Å². The van der Waals surface area contributed by atoms with Crippen LogP contribution in [0.2, 0.25) is 0 Å². The third kappa shape index (κ3) is 3.03. The summed E-state index contributed by atoms with van der Waals surface area (Å²) in [6.07, 6.45) is 3.77. The van der Waals surface area contributed by atoms with E-state index >= 15 is 0 Å². The summed E-state index contributed by atoms with van der Waals surface area (Å²) < 4.78 is 6.50. The van der Waals surface area contributed by atoms with E-state index in [-0.39, 0.29) is 0 Å². The highest BCUT2D eigenvalue weighted by Crippen LogP contribution is 2.44. The average Bonchev–Trinajstić information content (AvgIpc) is 2.77. The molecule has 2 nitrogen and oxygen atoms in total. The summed E-state index contributed by atoms with van der Waals surface area (Å²) in [6, 6.07) is 27.2. The average molecular weight is 375 g/mol. The van der Waals surface area contributed by atoms with E-state index in [1.54, 1.807) is 0 Å². The highest BCUT2D eigenvalue weighted by atomic mass is 16.5. The second kappa shape index (κ2) is 7.06. The normalized spacial score (nSPS) is 11.1. The van der Waals surface area contributed by atoms with Crippen molar-refractivity contribution in [3.8, 4) is 22.6 Å². The van der Waals surface area contributed by atoms with E-state index in [2.05, 4.69) is 79.5 Å². The predicted octanol–water partition coefficient (Wildman–Crippen LogP) is 7.46. The predicted molar refractivity (Wildman–Crippen MR) is 121 cm³/mol. The van der Waals surface area contributed by atoms with Crippen LogP contribution in [0.3, 0.4) is 0 Å². The van der Waals surface area contributed by atoms with Crippen LogP contribution >= 0.6 is 0 Å². The fourth-order valence-corrected chi connectivity index (χ4v) is 3.90. The molecule has 29 heavy (non-hydrogen) atoms. The molecule has 4 aromatic carbocycles. The number of pyridine rings is 1. The molecule has 0 spiro atoms. The summed E-state index contributed by atoms with van der Waals surface area (Å²) in [7, 11) is 0. The number of benzene rings is 4. The Balaban J connectivity index is 1.84. The first-order valence-corrected chi connectivity index (χ1v) is 9.81. The zero-order valence-electron chi connectivity index (χ0n) is 16.5. The quantitative estimate of drug-likeness (QED) is 0.305. The molecule has 2 heteroatoms. The van der Waals surface area contributed by atoms with Crippen molar-refractivity contribution in [1.82, 2.24) is 4.98 Å². The fourth-order valence-electron chi connectivity index (χ4n) is 3.90. The monoisotopic (exact) mass is 375 g/mol. The van der Waals surface area contributed by atoms with E-state index < -0.39 is 0 Å². The molecule has 0 bridgehead atoms. The van der Waals surface area contributed by atoms with Crippen molar-refractivity contribution in [2.75, 3.05) is 0 Å². The lowest BCUT2D eigenvalue weighted by Crippen LogP contribution is -1.93.